The van der Waals surface area contributed by atoms with Crippen LogP contribution in [0.3, 0.4) is 0 Å². The maximum Gasteiger partial charge on any atom is 0.0367 e. The highest BCUT2D eigenvalue weighted by atomic mass is 35.5. The van der Waals surface area contributed by atoms with E-state index in [1.54, 1.807) is 0 Å². The fourth-order valence-corrected chi connectivity index (χ4v) is 2.30. The predicted molar refractivity (Wildman–Crippen MR) is 35.1 cm³/mol. The molecule has 8 heavy (non-hydrogen) atoms. The molecule has 0 N–H and O–H groups in total. The number of alkyl halides is 1. The van der Waals surface area contributed by atoms with Gasteiger partial charge in [-0.05, 0) is 24.7 Å². The number of fused-ring (bicyclic) bond motifs is 1. The first-order chi connectivity index (χ1) is 3.88. The van der Waals surface area contributed by atoms with Crippen molar-refractivity contribution in [2.75, 3.05) is 0 Å². The molecule has 0 nitrogen and oxygen atoms in total. The summed E-state index contributed by atoms with van der Waals surface area (Å²) in [4.78, 5) is 0. The lowest BCUT2D eigenvalue weighted by Gasteiger charge is -2.13. The third kappa shape index (κ3) is 0.663. The first-order valence-corrected chi connectivity index (χ1v) is 3.95. The number of hydrogen-bond acceptors (Lipinski definition) is 0. The highest BCUT2D eigenvalue weighted by molar-refractivity contribution is 6.21. The minimum Gasteiger partial charge on any atom is -0.123 e. The summed E-state index contributed by atoms with van der Waals surface area (Å²) in [7, 11) is 0. The molecular weight excluding hydrogens is 120 g/mol. The van der Waals surface area contributed by atoms with Gasteiger partial charge >= 0.3 is 0 Å². The first kappa shape index (κ1) is 5.10. The van der Waals surface area contributed by atoms with Gasteiger partial charge in [-0.1, -0.05) is 12.8 Å². The normalized spacial score (nSPS) is 52.9. The lowest BCUT2D eigenvalue weighted by atomic mass is 10.0. The molecule has 2 saturated carbocycles. The number of rotatable bonds is 0. The van der Waals surface area contributed by atoms with Crippen LogP contribution in [0.5, 0.6) is 0 Å². The van der Waals surface area contributed by atoms with Crippen molar-refractivity contribution >= 4 is 11.6 Å². The third-order valence-electron chi connectivity index (χ3n) is 2.50. The zero-order valence-corrected chi connectivity index (χ0v) is 5.69. The van der Waals surface area contributed by atoms with E-state index in [-0.39, 0.29) is 0 Å². The Hall–Kier alpha value is 0.290. The average molecular weight is 131 g/mol. The second-order valence-corrected chi connectivity index (χ2v) is 3.67. The van der Waals surface area contributed by atoms with Crippen LogP contribution in [0.1, 0.15) is 25.7 Å². The highest BCUT2D eigenvalue weighted by Gasteiger charge is 2.44. The van der Waals surface area contributed by atoms with Crippen molar-refractivity contribution in [3.8, 4) is 0 Å². The van der Waals surface area contributed by atoms with Gasteiger partial charge in [0.1, 0.15) is 0 Å². The standard InChI is InChI=1S/C7H11Cl/c8-7-3-1-2-5-4-6(5)7/h5-7H,1-4H2. The maximum atomic E-state index is 6.01. The van der Waals surface area contributed by atoms with Crippen LogP contribution in [0, 0.1) is 11.8 Å². The second-order valence-electron chi connectivity index (χ2n) is 3.11. The Morgan fingerprint density at radius 1 is 1.25 bits per heavy atom. The molecule has 46 valence electrons. The minimum absolute atomic E-state index is 0.550. The molecule has 0 bridgehead atoms. The molecule has 1 heteroatoms. The van der Waals surface area contributed by atoms with E-state index in [0.29, 0.717) is 5.38 Å². The van der Waals surface area contributed by atoms with Crippen molar-refractivity contribution < 1.29 is 0 Å². The lowest BCUT2D eigenvalue weighted by molar-refractivity contribution is 0.486. The number of halogens is 1. The highest BCUT2D eigenvalue weighted by Crippen LogP contribution is 2.51. The quantitative estimate of drug-likeness (QED) is 0.442. The van der Waals surface area contributed by atoms with Gasteiger partial charge in [-0.15, -0.1) is 11.6 Å². The predicted octanol–water partition coefficient (Wildman–Crippen LogP) is 2.41. The molecule has 2 fully saturated rings. The molecule has 2 aliphatic rings. The fraction of sp³-hybridized carbons (Fsp3) is 1.00. The summed E-state index contributed by atoms with van der Waals surface area (Å²) in [5.41, 5.74) is 0. The van der Waals surface area contributed by atoms with E-state index in [0.717, 1.165) is 11.8 Å². The van der Waals surface area contributed by atoms with Crippen LogP contribution < -0.4 is 0 Å². The maximum absolute atomic E-state index is 6.01. The van der Waals surface area contributed by atoms with Gasteiger partial charge in [-0.25, -0.2) is 0 Å². The molecular formula is C7H11Cl. The number of hydrogen-bond donors (Lipinski definition) is 0. The third-order valence-corrected chi connectivity index (χ3v) is 3.04. The van der Waals surface area contributed by atoms with Crippen LogP contribution in [0.15, 0.2) is 0 Å². The Bertz CT molecular complexity index is 101. The van der Waals surface area contributed by atoms with Crippen molar-refractivity contribution in [1.29, 1.82) is 0 Å². The van der Waals surface area contributed by atoms with Crippen LogP contribution in [0.4, 0.5) is 0 Å². The zero-order valence-electron chi connectivity index (χ0n) is 4.94. The molecule has 0 saturated heterocycles. The SMILES string of the molecule is ClC1CCCC2CC12. The molecule has 3 atom stereocenters. The summed E-state index contributed by atoms with van der Waals surface area (Å²) in [5.74, 6) is 1.98. The van der Waals surface area contributed by atoms with E-state index in [9.17, 15) is 0 Å². The average Bonchev–Trinajstić information content (AvgIpc) is 2.45. The summed E-state index contributed by atoms with van der Waals surface area (Å²) >= 11 is 6.01. The van der Waals surface area contributed by atoms with Gasteiger partial charge < -0.3 is 0 Å². The van der Waals surface area contributed by atoms with Crippen LogP contribution in [0.2, 0.25) is 0 Å². The molecule has 0 spiro atoms. The summed E-state index contributed by atoms with van der Waals surface area (Å²) in [6, 6.07) is 0. The monoisotopic (exact) mass is 130 g/mol. The topological polar surface area (TPSA) is 0 Å². The van der Waals surface area contributed by atoms with Gasteiger partial charge in [0.05, 0.1) is 0 Å². The fourth-order valence-electron chi connectivity index (χ4n) is 1.84. The van der Waals surface area contributed by atoms with Gasteiger partial charge in [0.25, 0.3) is 0 Å². The van der Waals surface area contributed by atoms with Crippen LogP contribution >= 0.6 is 11.6 Å². The van der Waals surface area contributed by atoms with Crippen LogP contribution in [-0.2, 0) is 0 Å². The van der Waals surface area contributed by atoms with Crippen molar-refractivity contribution in [2.24, 2.45) is 11.8 Å². The molecule has 0 aromatic rings. The summed E-state index contributed by atoms with van der Waals surface area (Å²) in [5, 5.41) is 0.550. The largest absolute Gasteiger partial charge is 0.123 e. The second kappa shape index (κ2) is 1.63. The van der Waals surface area contributed by atoms with E-state index in [1.807, 2.05) is 0 Å². The van der Waals surface area contributed by atoms with Gasteiger partial charge in [-0.2, -0.15) is 0 Å². The van der Waals surface area contributed by atoms with E-state index >= 15 is 0 Å². The van der Waals surface area contributed by atoms with Gasteiger partial charge in [0.15, 0.2) is 0 Å². The van der Waals surface area contributed by atoms with E-state index in [4.69, 9.17) is 11.6 Å². The molecule has 0 amide bonds. The Labute approximate surface area is 55.2 Å². The lowest BCUT2D eigenvalue weighted by Crippen LogP contribution is -2.07. The molecule has 0 aliphatic heterocycles. The smallest absolute Gasteiger partial charge is 0.0367 e. The van der Waals surface area contributed by atoms with Crippen molar-refractivity contribution in [3.63, 3.8) is 0 Å². The Morgan fingerprint density at radius 3 is 2.75 bits per heavy atom. The van der Waals surface area contributed by atoms with E-state index in [1.165, 1.54) is 25.7 Å². The molecule has 3 unspecified atom stereocenters. The van der Waals surface area contributed by atoms with Gasteiger partial charge in [-0.3, -0.25) is 0 Å². The van der Waals surface area contributed by atoms with Gasteiger partial charge in [0.2, 0.25) is 0 Å². The molecule has 2 rings (SSSR count). The molecule has 0 aromatic heterocycles. The van der Waals surface area contributed by atoms with Gasteiger partial charge in [0, 0.05) is 5.38 Å². The molecule has 0 radical (unpaired) electrons. The van der Waals surface area contributed by atoms with Crippen LogP contribution in [-0.4, -0.2) is 5.38 Å². The van der Waals surface area contributed by atoms with Crippen molar-refractivity contribution in [2.45, 2.75) is 31.1 Å². The van der Waals surface area contributed by atoms with Crippen molar-refractivity contribution in [3.05, 3.63) is 0 Å². The van der Waals surface area contributed by atoms with E-state index in [2.05, 4.69) is 0 Å². The minimum atomic E-state index is 0.550. The summed E-state index contributed by atoms with van der Waals surface area (Å²) in [6.45, 7) is 0. The Morgan fingerprint density at radius 2 is 2.12 bits per heavy atom. The molecule has 0 heterocycles. The summed E-state index contributed by atoms with van der Waals surface area (Å²) < 4.78 is 0. The summed E-state index contributed by atoms with van der Waals surface area (Å²) in [6.07, 6.45) is 5.57. The zero-order chi connectivity index (χ0) is 5.56. The molecule has 0 aromatic carbocycles. The van der Waals surface area contributed by atoms with Crippen LogP contribution in [0.25, 0.3) is 0 Å². The van der Waals surface area contributed by atoms with E-state index < -0.39 is 0 Å². The Kier molecular flexibility index (Phi) is 1.04. The Balaban J connectivity index is 1.99. The molecule has 2 aliphatic carbocycles. The van der Waals surface area contributed by atoms with Crippen molar-refractivity contribution in [1.82, 2.24) is 0 Å². The first-order valence-electron chi connectivity index (χ1n) is 3.52.